The predicted octanol–water partition coefficient (Wildman–Crippen LogP) is 2.79. The van der Waals surface area contributed by atoms with Gasteiger partial charge in [-0.3, -0.25) is 4.79 Å². The second kappa shape index (κ2) is 6.99. The van der Waals surface area contributed by atoms with E-state index < -0.39 is 0 Å². The SMILES string of the molecule is CC(C)CCNC(=O)C(C)Nc1ccc(F)cc1. The first-order valence-corrected chi connectivity index (χ1v) is 6.29. The van der Waals surface area contributed by atoms with Gasteiger partial charge in [-0.05, 0) is 43.5 Å². The van der Waals surface area contributed by atoms with E-state index >= 15 is 0 Å². The lowest BCUT2D eigenvalue weighted by molar-refractivity contribution is -0.121. The summed E-state index contributed by atoms with van der Waals surface area (Å²) in [5, 5.41) is 5.90. The highest BCUT2D eigenvalue weighted by Crippen LogP contribution is 2.09. The Kier molecular flexibility index (Phi) is 5.62. The quantitative estimate of drug-likeness (QED) is 0.817. The molecule has 0 radical (unpaired) electrons. The second-order valence-electron chi connectivity index (χ2n) is 4.85. The van der Waals surface area contributed by atoms with Gasteiger partial charge in [-0.2, -0.15) is 0 Å². The summed E-state index contributed by atoms with van der Waals surface area (Å²) in [4.78, 5) is 11.7. The highest BCUT2D eigenvalue weighted by Gasteiger charge is 2.11. The Morgan fingerprint density at radius 2 is 1.83 bits per heavy atom. The minimum atomic E-state index is -0.331. The van der Waals surface area contributed by atoms with Crippen molar-refractivity contribution in [3.05, 3.63) is 30.1 Å². The van der Waals surface area contributed by atoms with Gasteiger partial charge in [0.2, 0.25) is 5.91 Å². The van der Waals surface area contributed by atoms with Crippen LogP contribution < -0.4 is 10.6 Å². The molecule has 1 amide bonds. The molecule has 2 N–H and O–H groups in total. The molecule has 1 atom stereocenters. The first-order chi connectivity index (χ1) is 8.49. The average Bonchev–Trinajstić information content (AvgIpc) is 2.31. The molecule has 18 heavy (non-hydrogen) atoms. The fourth-order valence-corrected chi connectivity index (χ4v) is 1.50. The first-order valence-electron chi connectivity index (χ1n) is 6.29. The Morgan fingerprint density at radius 3 is 2.39 bits per heavy atom. The van der Waals surface area contributed by atoms with Crippen molar-refractivity contribution >= 4 is 11.6 Å². The van der Waals surface area contributed by atoms with Crippen LogP contribution in [0.15, 0.2) is 24.3 Å². The van der Waals surface area contributed by atoms with E-state index in [1.807, 2.05) is 0 Å². The third-order valence-corrected chi connectivity index (χ3v) is 2.64. The van der Waals surface area contributed by atoms with Gasteiger partial charge in [-0.25, -0.2) is 4.39 Å². The summed E-state index contributed by atoms with van der Waals surface area (Å²) >= 11 is 0. The van der Waals surface area contributed by atoms with Gasteiger partial charge in [-0.15, -0.1) is 0 Å². The summed E-state index contributed by atoms with van der Waals surface area (Å²) in [6, 6.07) is 5.64. The summed E-state index contributed by atoms with van der Waals surface area (Å²) in [7, 11) is 0. The zero-order valence-corrected chi connectivity index (χ0v) is 11.2. The zero-order valence-electron chi connectivity index (χ0n) is 11.2. The predicted molar refractivity (Wildman–Crippen MR) is 71.9 cm³/mol. The first kappa shape index (κ1) is 14.5. The minimum Gasteiger partial charge on any atom is -0.374 e. The third-order valence-electron chi connectivity index (χ3n) is 2.64. The number of hydrogen-bond acceptors (Lipinski definition) is 2. The molecule has 0 aliphatic carbocycles. The van der Waals surface area contributed by atoms with Crippen LogP contribution in [-0.4, -0.2) is 18.5 Å². The fraction of sp³-hybridized carbons (Fsp3) is 0.500. The van der Waals surface area contributed by atoms with Gasteiger partial charge in [-0.1, -0.05) is 13.8 Å². The highest BCUT2D eigenvalue weighted by atomic mass is 19.1. The largest absolute Gasteiger partial charge is 0.374 e. The molecule has 0 heterocycles. The molecular weight excluding hydrogens is 231 g/mol. The van der Waals surface area contributed by atoms with Crippen molar-refractivity contribution < 1.29 is 9.18 Å². The molecule has 0 spiro atoms. The van der Waals surface area contributed by atoms with Gasteiger partial charge >= 0.3 is 0 Å². The molecule has 0 bridgehead atoms. The Bertz CT molecular complexity index is 376. The maximum Gasteiger partial charge on any atom is 0.242 e. The number of hydrogen-bond donors (Lipinski definition) is 2. The third kappa shape index (κ3) is 5.17. The summed E-state index contributed by atoms with van der Waals surface area (Å²) in [5.74, 6) is 0.250. The second-order valence-corrected chi connectivity index (χ2v) is 4.85. The van der Waals surface area contributed by atoms with E-state index in [1.54, 1.807) is 19.1 Å². The van der Waals surface area contributed by atoms with Crippen LogP contribution in [0.25, 0.3) is 0 Å². The van der Waals surface area contributed by atoms with Crippen LogP contribution in [0.1, 0.15) is 27.2 Å². The number of anilines is 1. The van der Waals surface area contributed by atoms with Crippen LogP contribution in [0.2, 0.25) is 0 Å². The Hall–Kier alpha value is -1.58. The monoisotopic (exact) mass is 252 g/mol. The van der Waals surface area contributed by atoms with Crippen molar-refractivity contribution in [3.8, 4) is 0 Å². The van der Waals surface area contributed by atoms with Gasteiger partial charge in [0.15, 0.2) is 0 Å². The van der Waals surface area contributed by atoms with Crippen molar-refractivity contribution in [1.29, 1.82) is 0 Å². The lowest BCUT2D eigenvalue weighted by Crippen LogP contribution is -2.38. The molecule has 4 heteroatoms. The van der Waals surface area contributed by atoms with Gasteiger partial charge in [0.1, 0.15) is 11.9 Å². The molecule has 1 rings (SSSR count). The highest BCUT2D eigenvalue weighted by molar-refractivity contribution is 5.84. The standard InChI is InChI=1S/C14H21FN2O/c1-10(2)8-9-16-14(18)11(3)17-13-6-4-12(15)5-7-13/h4-7,10-11,17H,8-9H2,1-3H3,(H,16,18). The van der Waals surface area contributed by atoms with Gasteiger partial charge in [0.05, 0.1) is 0 Å². The van der Waals surface area contributed by atoms with Crippen molar-refractivity contribution in [3.63, 3.8) is 0 Å². The van der Waals surface area contributed by atoms with Crippen LogP contribution in [0.4, 0.5) is 10.1 Å². The molecule has 1 aromatic rings. The van der Waals surface area contributed by atoms with Crippen LogP contribution in [-0.2, 0) is 4.79 Å². The molecule has 0 aliphatic heterocycles. The molecule has 0 aliphatic rings. The van der Waals surface area contributed by atoms with E-state index in [0.29, 0.717) is 12.5 Å². The smallest absolute Gasteiger partial charge is 0.242 e. The van der Waals surface area contributed by atoms with Crippen molar-refractivity contribution in [2.24, 2.45) is 5.92 Å². The molecule has 100 valence electrons. The van der Waals surface area contributed by atoms with Crippen molar-refractivity contribution in [2.45, 2.75) is 33.2 Å². The van der Waals surface area contributed by atoms with Crippen molar-refractivity contribution in [1.82, 2.24) is 5.32 Å². The number of benzene rings is 1. The van der Waals surface area contributed by atoms with Crippen molar-refractivity contribution in [2.75, 3.05) is 11.9 Å². The zero-order chi connectivity index (χ0) is 13.5. The van der Waals surface area contributed by atoms with E-state index in [2.05, 4.69) is 24.5 Å². The topological polar surface area (TPSA) is 41.1 Å². The van der Waals surface area contributed by atoms with Crippen LogP contribution >= 0.6 is 0 Å². The van der Waals surface area contributed by atoms with Gasteiger partial charge in [0.25, 0.3) is 0 Å². The molecule has 0 fully saturated rings. The van der Waals surface area contributed by atoms with E-state index in [-0.39, 0.29) is 17.8 Å². The van der Waals surface area contributed by atoms with E-state index in [0.717, 1.165) is 12.1 Å². The molecular formula is C14H21FN2O. The summed E-state index contributed by atoms with van der Waals surface area (Å²) in [5.41, 5.74) is 0.739. The lowest BCUT2D eigenvalue weighted by Gasteiger charge is -2.15. The summed E-state index contributed by atoms with van der Waals surface area (Å²) < 4.78 is 12.7. The summed E-state index contributed by atoms with van der Waals surface area (Å²) in [6.45, 7) is 6.71. The Morgan fingerprint density at radius 1 is 1.22 bits per heavy atom. The van der Waals surface area contributed by atoms with E-state index in [4.69, 9.17) is 0 Å². The van der Waals surface area contributed by atoms with Crippen LogP contribution in [0, 0.1) is 11.7 Å². The summed E-state index contributed by atoms with van der Waals surface area (Å²) in [6.07, 6.45) is 0.967. The number of carbonyl (C=O) groups excluding carboxylic acids is 1. The fourth-order valence-electron chi connectivity index (χ4n) is 1.50. The number of nitrogens with one attached hydrogen (secondary N) is 2. The normalized spacial score (nSPS) is 12.3. The Balaban J connectivity index is 2.37. The number of halogens is 1. The minimum absolute atomic E-state index is 0.0417. The van der Waals surface area contributed by atoms with Crippen LogP contribution in [0.5, 0.6) is 0 Å². The number of rotatable bonds is 6. The van der Waals surface area contributed by atoms with E-state index in [9.17, 15) is 9.18 Å². The van der Waals surface area contributed by atoms with Gasteiger partial charge in [0, 0.05) is 12.2 Å². The number of amides is 1. The molecule has 1 aromatic carbocycles. The molecule has 0 saturated heterocycles. The molecule has 3 nitrogen and oxygen atoms in total. The van der Waals surface area contributed by atoms with Crippen LogP contribution in [0.3, 0.4) is 0 Å². The maximum absolute atomic E-state index is 12.7. The lowest BCUT2D eigenvalue weighted by atomic mass is 10.1. The Labute approximate surface area is 108 Å². The van der Waals surface area contributed by atoms with E-state index in [1.165, 1.54) is 12.1 Å². The average molecular weight is 252 g/mol. The van der Waals surface area contributed by atoms with Gasteiger partial charge < -0.3 is 10.6 Å². The number of carbonyl (C=O) groups is 1. The maximum atomic E-state index is 12.7. The molecule has 0 aromatic heterocycles. The molecule has 0 saturated carbocycles. The molecule has 1 unspecified atom stereocenters.